The number of methoxy groups -OCH3 is 1. The van der Waals surface area contributed by atoms with Crippen LogP contribution in [0.15, 0.2) is 36.5 Å². The Kier molecular flexibility index (Phi) is 5.74. The number of thiol groups is 1. The van der Waals surface area contributed by atoms with Crippen LogP contribution < -0.4 is 10.1 Å². The van der Waals surface area contributed by atoms with Gasteiger partial charge in [-0.05, 0) is 74.2 Å². The molecule has 1 N–H and O–H groups in total. The number of urea groups is 1. The lowest BCUT2D eigenvalue weighted by molar-refractivity contribution is 0.233. The van der Waals surface area contributed by atoms with Crippen molar-refractivity contribution in [2.75, 3.05) is 12.4 Å². The lowest BCUT2D eigenvalue weighted by atomic mass is 9.99. The van der Waals surface area contributed by atoms with Crippen LogP contribution in [0.25, 0.3) is 22.2 Å². The van der Waals surface area contributed by atoms with Crippen molar-refractivity contribution in [1.29, 1.82) is 0 Å². The second-order valence-electron chi connectivity index (χ2n) is 6.97. The van der Waals surface area contributed by atoms with Gasteiger partial charge in [0.15, 0.2) is 5.82 Å². The highest BCUT2D eigenvalue weighted by molar-refractivity contribution is 7.78. The zero-order chi connectivity index (χ0) is 20.4. The molecule has 0 spiro atoms. The van der Waals surface area contributed by atoms with E-state index in [9.17, 15) is 4.79 Å². The second kappa shape index (κ2) is 8.06. The fourth-order valence-electron chi connectivity index (χ4n) is 3.09. The minimum Gasteiger partial charge on any atom is -0.496 e. The van der Waals surface area contributed by atoms with Gasteiger partial charge in [0.25, 0.3) is 0 Å². The number of carbonyl (C=O) groups excluding carboxylic acids is 1. The van der Waals surface area contributed by atoms with Gasteiger partial charge in [-0.1, -0.05) is 18.9 Å². The number of hydrogen-bond donors (Lipinski definition) is 2. The van der Waals surface area contributed by atoms with Crippen LogP contribution in [0.4, 0.5) is 10.6 Å². The number of aromatic nitrogens is 2. The molecule has 7 heteroatoms. The average Bonchev–Trinajstić information content (AvgIpc) is 2.66. The summed E-state index contributed by atoms with van der Waals surface area (Å²) in [6.07, 6.45) is 1.55. The van der Waals surface area contributed by atoms with Crippen LogP contribution in [-0.4, -0.2) is 33.5 Å². The Labute approximate surface area is 170 Å². The van der Waals surface area contributed by atoms with Gasteiger partial charge < -0.3 is 4.74 Å². The molecule has 0 aliphatic carbocycles. The molecule has 1 heterocycles. The summed E-state index contributed by atoms with van der Waals surface area (Å²) < 4.78 is 6.76. The number of nitrogens with one attached hydrogen (secondary N) is 1. The molecule has 0 bridgehead atoms. The monoisotopic (exact) mass is 396 g/mol. The first-order chi connectivity index (χ1) is 13.3. The van der Waals surface area contributed by atoms with E-state index in [1.807, 2.05) is 45.9 Å². The molecule has 0 aliphatic rings. The lowest BCUT2D eigenvalue weighted by Gasteiger charge is -2.19. The van der Waals surface area contributed by atoms with Crippen molar-refractivity contribution in [2.45, 2.75) is 33.7 Å². The summed E-state index contributed by atoms with van der Waals surface area (Å²) in [6, 6.07) is 9.72. The maximum atomic E-state index is 12.2. The Hall–Kier alpha value is -2.80. The summed E-state index contributed by atoms with van der Waals surface area (Å²) in [5, 5.41) is 2.73. The number of carbonyl (C=O) groups is 1. The molecule has 0 radical (unpaired) electrons. The minimum atomic E-state index is -0.343. The first-order valence-corrected chi connectivity index (χ1v) is 9.41. The van der Waals surface area contributed by atoms with E-state index in [1.54, 1.807) is 13.3 Å². The fraction of sp³-hybridized carbons (Fsp3) is 0.286. The standard InChI is InChI=1S/C21H24N4O2S/c1-12(2)25(28)21(26)24-19-11-22-17-7-6-15(10-18(17)23-19)16-8-13(3)20(27-5)14(4)9-16/h6-12,28H,1-5H3,(H,23,24,26). The van der Waals surface area contributed by atoms with Crippen molar-refractivity contribution in [3.05, 3.63) is 47.7 Å². The van der Waals surface area contributed by atoms with E-state index in [0.717, 1.165) is 33.5 Å². The van der Waals surface area contributed by atoms with Crippen LogP contribution in [0.1, 0.15) is 25.0 Å². The molecule has 0 fully saturated rings. The van der Waals surface area contributed by atoms with Gasteiger partial charge in [-0.25, -0.2) is 9.78 Å². The van der Waals surface area contributed by atoms with Crippen LogP contribution in [0.5, 0.6) is 5.75 Å². The zero-order valence-electron chi connectivity index (χ0n) is 16.6. The Bertz CT molecular complexity index is 1010. The quantitative estimate of drug-likeness (QED) is 0.609. The van der Waals surface area contributed by atoms with Gasteiger partial charge in [0.05, 0.1) is 24.3 Å². The number of nitrogens with zero attached hydrogens (tertiary/aromatic N) is 3. The van der Waals surface area contributed by atoms with Crippen molar-refractivity contribution in [3.63, 3.8) is 0 Å². The number of ether oxygens (including phenoxy) is 1. The van der Waals surface area contributed by atoms with Gasteiger partial charge in [0, 0.05) is 6.04 Å². The molecule has 0 aliphatic heterocycles. The molecule has 3 aromatic rings. The third-order valence-electron chi connectivity index (χ3n) is 4.47. The molecule has 28 heavy (non-hydrogen) atoms. The molecule has 2 amide bonds. The largest absolute Gasteiger partial charge is 0.496 e. The summed E-state index contributed by atoms with van der Waals surface area (Å²) in [4.78, 5) is 21.1. The maximum Gasteiger partial charge on any atom is 0.333 e. The molecular formula is C21H24N4O2S. The number of fused-ring (bicyclic) bond motifs is 1. The van der Waals surface area contributed by atoms with Crippen molar-refractivity contribution < 1.29 is 9.53 Å². The Morgan fingerprint density at radius 1 is 1.11 bits per heavy atom. The Balaban J connectivity index is 1.96. The summed E-state index contributed by atoms with van der Waals surface area (Å²) in [7, 11) is 1.68. The van der Waals surface area contributed by atoms with Crippen LogP contribution in [0, 0.1) is 13.8 Å². The molecule has 0 unspecified atom stereocenters. The third-order valence-corrected chi connectivity index (χ3v) is 5.12. The zero-order valence-corrected chi connectivity index (χ0v) is 17.5. The molecule has 0 saturated carbocycles. The molecule has 3 rings (SSSR count). The van der Waals surface area contributed by atoms with Gasteiger partial charge in [0.2, 0.25) is 0 Å². The van der Waals surface area contributed by atoms with E-state index < -0.39 is 0 Å². The normalized spacial score (nSPS) is 11.0. The van der Waals surface area contributed by atoms with Crippen molar-refractivity contribution in [1.82, 2.24) is 14.3 Å². The highest BCUT2D eigenvalue weighted by Crippen LogP contribution is 2.31. The number of anilines is 1. The first kappa shape index (κ1) is 19.9. The minimum absolute atomic E-state index is 0.0371. The first-order valence-electron chi connectivity index (χ1n) is 9.01. The van der Waals surface area contributed by atoms with Crippen molar-refractivity contribution in [2.24, 2.45) is 0 Å². The van der Waals surface area contributed by atoms with Crippen LogP contribution in [0.2, 0.25) is 0 Å². The highest BCUT2D eigenvalue weighted by Gasteiger charge is 2.14. The predicted octanol–water partition coefficient (Wildman–Crippen LogP) is 5.01. The van der Waals surface area contributed by atoms with E-state index in [0.29, 0.717) is 11.3 Å². The van der Waals surface area contributed by atoms with Gasteiger partial charge in [-0.15, -0.1) is 0 Å². The van der Waals surface area contributed by atoms with Crippen molar-refractivity contribution >= 4 is 35.7 Å². The molecule has 2 aromatic carbocycles. The number of benzene rings is 2. The van der Waals surface area contributed by atoms with E-state index in [4.69, 9.17) is 4.74 Å². The third kappa shape index (κ3) is 4.04. The summed E-state index contributed by atoms with van der Waals surface area (Å²) in [5.41, 5.74) is 5.72. The molecule has 0 saturated heterocycles. The summed E-state index contributed by atoms with van der Waals surface area (Å²) in [5.74, 6) is 1.28. The maximum absolute atomic E-state index is 12.2. The number of amides is 2. The molecular weight excluding hydrogens is 372 g/mol. The smallest absolute Gasteiger partial charge is 0.333 e. The number of rotatable bonds is 4. The van der Waals surface area contributed by atoms with E-state index in [1.165, 1.54) is 4.31 Å². The molecule has 0 atom stereocenters. The molecule has 6 nitrogen and oxygen atoms in total. The summed E-state index contributed by atoms with van der Waals surface area (Å²) >= 11 is 4.19. The Morgan fingerprint density at radius 2 is 1.79 bits per heavy atom. The molecule has 1 aromatic heterocycles. The highest BCUT2D eigenvalue weighted by atomic mass is 32.1. The van der Waals surface area contributed by atoms with Crippen LogP contribution >= 0.6 is 12.8 Å². The SMILES string of the molecule is COc1c(C)cc(-c2ccc3ncc(NC(=O)N(S)C(C)C)nc3c2)cc1C. The van der Waals surface area contributed by atoms with Gasteiger partial charge in [-0.2, -0.15) is 0 Å². The Morgan fingerprint density at radius 3 is 2.39 bits per heavy atom. The van der Waals surface area contributed by atoms with Gasteiger partial charge >= 0.3 is 6.03 Å². The average molecular weight is 397 g/mol. The summed E-state index contributed by atoms with van der Waals surface area (Å²) in [6.45, 7) is 7.82. The second-order valence-corrected chi connectivity index (χ2v) is 7.40. The number of hydrogen-bond acceptors (Lipinski definition) is 5. The van der Waals surface area contributed by atoms with E-state index in [-0.39, 0.29) is 12.1 Å². The predicted molar refractivity (Wildman–Crippen MR) is 116 cm³/mol. The van der Waals surface area contributed by atoms with E-state index in [2.05, 4.69) is 40.2 Å². The van der Waals surface area contributed by atoms with Gasteiger partial charge in [-0.3, -0.25) is 14.6 Å². The topological polar surface area (TPSA) is 67.3 Å². The van der Waals surface area contributed by atoms with Crippen LogP contribution in [-0.2, 0) is 0 Å². The lowest BCUT2D eigenvalue weighted by Crippen LogP contribution is -2.32. The number of aryl methyl sites for hydroxylation is 2. The van der Waals surface area contributed by atoms with Crippen molar-refractivity contribution in [3.8, 4) is 16.9 Å². The fourth-order valence-corrected chi connectivity index (χ4v) is 3.14. The van der Waals surface area contributed by atoms with Gasteiger partial charge in [0.1, 0.15) is 5.75 Å². The van der Waals surface area contributed by atoms with E-state index >= 15 is 0 Å². The van der Waals surface area contributed by atoms with Crippen LogP contribution in [0.3, 0.4) is 0 Å². The molecule has 146 valence electrons.